The lowest BCUT2D eigenvalue weighted by Crippen LogP contribution is -2.35. The molecule has 0 saturated heterocycles. The standard InChI is InChI=1S/C10H18N4/c1-10(2,3)14-6-8-5-13-9(11-4)7-12-8/h5,7,14H,6H2,1-4H3,(H,11,13). The summed E-state index contributed by atoms with van der Waals surface area (Å²) < 4.78 is 0. The molecule has 1 heterocycles. The molecule has 14 heavy (non-hydrogen) atoms. The maximum absolute atomic E-state index is 4.27. The smallest absolute Gasteiger partial charge is 0.144 e. The number of hydrogen-bond acceptors (Lipinski definition) is 4. The molecule has 1 rings (SSSR count). The van der Waals surface area contributed by atoms with Gasteiger partial charge >= 0.3 is 0 Å². The highest BCUT2D eigenvalue weighted by atomic mass is 15.0. The number of nitrogens with zero attached hydrogens (tertiary/aromatic N) is 2. The average molecular weight is 194 g/mol. The quantitative estimate of drug-likeness (QED) is 0.763. The molecule has 2 N–H and O–H groups in total. The number of hydrogen-bond donors (Lipinski definition) is 2. The van der Waals surface area contributed by atoms with Crippen LogP contribution in [0.1, 0.15) is 26.5 Å². The zero-order valence-electron chi connectivity index (χ0n) is 9.26. The Kier molecular flexibility index (Phi) is 3.41. The van der Waals surface area contributed by atoms with Crippen molar-refractivity contribution in [2.75, 3.05) is 12.4 Å². The number of aromatic nitrogens is 2. The molecule has 78 valence electrons. The Morgan fingerprint density at radius 2 is 1.93 bits per heavy atom. The van der Waals surface area contributed by atoms with Gasteiger partial charge in [0.05, 0.1) is 18.1 Å². The molecule has 0 aliphatic carbocycles. The Hall–Kier alpha value is -1.16. The van der Waals surface area contributed by atoms with Gasteiger partial charge in [0.1, 0.15) is 5.82 Å². The highest BCUT2D eigenvalue weighted by Gasteiger charge is 2.08. The fraction of sp³-hybridized carbons (Fsp3) is 0.600. The van der Waals surface area contributed by atoms with Crippen LogP contribution in [0.4, 0.5) is 5.82 Å². The summed E-state index contributed by atoms with van der Waals surface area (Å²) in [6.07, 6.45) is 3.52. The van der Waals surface area contributed by atoms with E-state index in [1.54, 1.807) is 12.4 Å². The van der Waals surface area contributed by atoms with Gasteiger partial charge in [-0.3, -0.25) is 4.98 Å². The molecule has 0 atom stereocenters. The zero-order valence-corrected chi connectivity index (χ0v) is 9.26. The monoisotopic (exact) mass is 194 g/mol. The van der Waals surface area contributed by atoms with Gasteiger partial charge < -0.3 is 10.6 Å². The first-order chi connectivity index (χ1) is 6.51. The van der Waals surface area contributed by atoms with Crippen molar-refractivity contribution < 1.29 is 0 Å². The third kappa shape index (κ3) is 3.70. The van der Waals surface area contributed by atoms with Gasteiger partial charge in [-0.05, 0) is 20.8 Å². The minimum atomic E-state index is 0.114. The van der Waals surface area contributed by atoms with E-state index in [9.17, 15) is 0 Å². The molecule has 1 aromatic rings. The van der Waals surface area contributed by atoms with E-state index in [1.807, 2.05) is 7.05 Å². The molecule has 1 aromatic heterocycles. The maximum atomic E-state index is 4.27. The van der Waals surface area contributed by atoms with E-state index in [0.717, 1.165) is 18.1 Å². The van der Waals surface area contributed by atoms with Crippen molar-refractivity contribution in [3.05, 3.63) is 18.1 Å². The topological polar surface area (TPSA) is 49.8 Å². The van der Waals surface area contributed by atoms with Crippen LogP contribution < -0.4 is 10.6 Å². The first-order valence-corrected chi connectivity index (χ1v) is 4.75. The highest BCUT2D eigenvalue weighted by molar-refractivity contribution is 5.29. The molecule has 0 aliphatic heterocycles. The fourth-order valence-corrected chi connectivity index (χ4v) is 0.931. The van der Waals surface area contributed by atoms with Gasteiger partial charge in [-0.2, -0.15) is 0 Å². The van der Waals surface area contributed by atoms with E-state index >= 15 is 0 Å². The summed E-state index contributed by atoms with van der Waals surface area (Å²) in [6.45, 7) is 7.13. The second kappa shape index (κ2) is 4.37. The van der Waals surface area contributed by atoms with E-state index in [4.69, 9.17) is 0 Å². The molecule has 0 saturated carbocycles. The third-order valence-corrected chi connectivity index (χ3v) is 1.76. The van der Waals surface area contributed by atoms with Crippen LogP contribution in [0.3, 0.4) is 0 Å². The van der Waals surface area contributed by atoms with Crippen molar-refractivity contribution >= 4 is 5.82 Å². The Morgan fingerprint density at radius 1 is 1.21 bits per heavy atom. The Morgan fingerprint density at radius 3 is 2.36 bits per heavy atom. The van der Waals surface area contributed by atoms with Crippen molar-refractivity contribution in [2.45, 2.75) is 32.9 Å². The maximum Gasteiger partial charge on any atom is 0.144 e. The summed E-state index contributed by atoms with van der Waals surface area (Å²) in [5.41, 5.74) is 1.07. The van der Waals surface area contributed by atoms with Crippen LogP contribution in [0.5, 0.6) is 0 Å². The number of rotatable bonds is 3. The van der Waals surface area contributed by atoms with E-state index in [1.165, 1.54) is 0 Å². The lowest BCUT2D eigenvalue weighted by atomic mass is 10.1. The van der Waals surface area contributed by atoms with Crippen molar-refractivity contribution in [1.82, 2.24) is 15.3 Å². The normalized spacial score (nSPS) is 11.4. The van der Waals surface area contributed by atoms with Crippen LogP contribution in [-0.4, -0.2) is 22.6 Å². The third-order valence-electron chi connectivity index (χ3n) is 1.76. The Labute approximate surface area is 85.2 Å². The highest BCUT2D eigenvalue weighted by Crippen LogP contribution is 2.03. The summed E-state index contributed by atoms with van der Waals surface area (Å²) in [5.74, 6) is 0.796. The van der Waals surface area contributed by atoms with Crippen LogP contribution >= 0.6 is 0 Å². The molecule has 4 heteroatoms. The van der Waals surface area contributed by atoms with E-state index in [0.29, 0.717) is 0 Å². The van der Waals surface area contributed by atoms with Gasteiger partial charge in [0.25, 0.3) is 0 Å². The van der Waals surface area contributed by atoms with Crippen molar-refractivity contribution in [1.29, 1.82) is 0 Å². The summed E-state index contributed by atoms with van der Waals surface area (Å²) in [6, 6.07) is 0. The van der Waals surface area contributed by atoms with Crippen molar-refractivity contribution in [3.63, 3.8) is 0 Å². The van der Waals surface area contributed by atoms with E-state index < -0.39 is 0 Å². The molecule has 0 amide bonds. The zero-order chi connectivity index (χ0) is 10.6. The first kappa shape index (κ1) is 10.9. The molecule has 0 bridgehead atoms. The molecule has 0 aliphatic rings. The minimum absolute atomic E-state index is 0.114. The summed E-state index contributed by atoms with van der Waals surface area (Å²) in [4.78, 5) is 8.45. The first-order valence-electron chi connectivity index (χ1n) is 4.75. The molecule has 4 nitrogen and oxygen atoms in total. The van der Waals surface area contributed by atoms with Gasteiger partial charge in [-0.15, -0.1) is 0 Å². The summed E-state index contributed by atoms with van der Waals surface area (Å²) in [7, 11) is 1.83. The minimum Gasteiger partial charge on any atom is -0.372 e. The largest absolute Gasteiger partial charge is 0.372 e. The van der Waals surface area contributed by atoms with Crippen LogP contribution in [0.25, 0.3) is 0 Å². The van der Waals surface area contributed by atoms with E-state index in [-0.39, 0.29) is 5.54 Å². The summed E-state index contributed by atoms with van der Waals surface area (Å²) in [5, 5.41) is 6.29. The SMILES string of the molecule is CNc1cnc(CNC(C)(C)C)cn1. The lowest BCUT2D eigenvalue weighted by Gasteiger charge is -2.19. The van der Waals surface area contributed by atoms with Crippen LogP contribution in [0.2, 0.25) is 0 Å². The summed E-state index contributed by atoms with van der Waals surface area (Å²) >= 11 is 0. The predicted molar refractivity (Wildman–Crippen MR) is 58.2 cm³/mol. The van der Waals surface area contributed by atoms with Crippen molar-refractivity contribution in [3.8, 4) is 0 Å². The van der Waals surface area contributed by atoms with Crippen molar-refractivity contribution in [2.24, 2.45) is 0 Å². The predicted octanol–water partition coefficient (Wildman–Crippen LogP) is 1.41. The number of nitrogens with one attached hydrogen (secondary N) is 2. The van der Waals surface area contributed by atoms with Gasteiger partial charge in [-0.25, -0.2) is 4.98 Å². The molecular weight excluding hydrogens is 176 g/mol. The fourth-order valence-electron chi connectivity index (χ4n) is 0.931. The molecule has 0 fully saturated rings. The Balaban J connectivity index is 2.52. The van der Waals surface area contributed by atoms with E-state index in [2.05, 4.69) is 41.4 Å². The molecule has 0 radical (unpaired) electrons. The Bertz CT molecular complexity index is 273. The lowest BCUT2D eigenvalue weighted by molar-refractivity contribution is 0.421. The average Bonchev–Trinajstić information content (AvgIpc) is 2.14. The molecule has 0 spiro atoms. The van der Waals surface area contributed by atoms with Gasteiger partial charge in [0.2, 0.25) is 0 Å². The second-order valence-electron chi connectivity index (χ2n) is 4.25. The van der Waals surface area contributed by atoms with Gasteiger partial charge in [-0.1, -0.05) is 0 Å². The molecular formula is C10H18N4. The van der Waals surface area contributed by atoms with Crippen LogP contribution in [0.15, 0.2) is 12.4 Å². The van der Waals surface area contributed by atoms with Gasteiger partial charge in [0.15, 0.2) is 0 Å². The second-order valence-corrected chi connectivity index (χ2v) is 4.25. The molecule has 0 aromatic carbocycles. The van der Waals surface area contributed by atoms with Crippen LogP contribution in [0, 0.1) is 0 Å². The molecule has 0 unspecified atom stereocenters. The number of anilines is 1. The van der Waals surface area contributed by atoms with Crippen LogP contribution in [-0.2, 0) is 6.54 Å². The van der Waals surface area contributed by atoms with Gasteiger partial charge in [0, 0.05) is 19.1 Å².